The quantitative estimate of drug-likeness (QED) is 0.603. The van der Waals surface area contributed by atoms with Gasteiger partial charge < -0.3 is 14.6 Å². The third-order valence-corrected chi connectivity index (χ3v) is 2.16. The lowest BCUT2D eigenvalue weighted by Gasteiger charge is -2.08. The van der Waals surface area contributed by atoms with Crippen molar-refractivity contribution in [3.63, 3.8) is 0 Å². The number of hydrogen-bond acceptors (Lipinski definition) is 3. The van der Waals surface area contributed by atoms with Crippen LogP contribution in [0.4, 0.5) is 0 Å². The van der Waals surface area contributed by atoms with E-state index in [2.05, 4.69) is 5.92 Å². The van der Waals surface area contributed by atoms with Crippen LogP contribution in [-0.4, -0.2) is 24.8 Å². The standard InChI is InChI=1S/C13H14O4/c1-3-4-7-17-9-10-5-6-11(13(14)15)12(8-10)16-2/h1,5-6,8H,4,7,9H2,2H3,(H,14,15). The largest absolute Gasteiger partial charge is 0.496 e. The fourth-order valence-electron chi connectivity index (χ4n) is 1.32. The molecule has 0 heterocycles. The minimum absolute atomic E-state index is 0.139. The first-order valence-electron chi connectivity index (χ1n) is 5.10. The van der Waals surface area contributed by atoms with Crippen LogP contribution in [0.25, 0.3) is 0 Å². The number of methoxy groups -OCH3 is 1. The third-order valence-electron chi connectivity index (χ3n) is 2.16. The van der Waals surface area contributed by atoms with Crippen molar-refractivity contribution >= 4 is 5.97 Å². The Bertz CT molecular complexity index is 432. The second-order valence-electron chi connectivity index (χ2n) is 3.35. The van der Waals surface area contributed by atoms with Crippen LogP contribution in [0.15, 0.2) is 18.2 Å². The van der Waals surface area contributed by atoms with Crippen molar-refractivity contribution in [3.05, 3.63) is 29.3 Å². The van der Waals surface area contributed by atoms with Gasteiger partial charge in [0, 0.05) is 6.42 Å². The van der Waals surface area contributed by atoms with Gasteiger partial charge in [-0.3, -0.25) is 0 Å². The topological polar surface area (TPSA) is 55.8 Å². The Hall–Kier alpha value is -1.99. The molecule has 4 nitrogen and oxygen atoms in total. The maximum Gasteiger partial charge on any atom is 0.339 e. The lowest BCUT2D eigenvalue weighted by Crippen LogP contribution is -2.02. The van der Waals surface area contributed by atoms with E-state index in [1.807, 2.05) is 0 Å². The highest BCUT2D eigenvalue weighted by Crippen LogP contribution is 2.20. The Labute approximate surface area is 100 Å². The summed E-state index contributed by atoms with van der Waals surface area (Å²) >= 11 is 0. The summed E-state index contributed by atoms with van der Waals surface area (Å²) < 4.78 is 10.3. The van der Waals surface area contributed by atoms with E-state index in [4.69, 9.17) is 21.0 Å². The average molecular weight is 234 g/mol. The van der Waals surface area contributed by atoms with E-state index in [0.717, 1.165) is 5.56 Å². The minimum atomic E-state index is -1.01. The molecule has 0 aliphatic heterocycles. The molecule has 0 fully saturated rings. The number of carboxylic acid groups (broad SMARTS) is 1. The third kappa shape index (κ3) is 3.82. The van der Waals surface area contributed by atoms with Crippen LogP contribution in [0.3, 0.4) is 0 Å². The lowest BCUT2D eigenvalue weighted by molar-refractivity contribution is 0.0693. The smallest absolute Gasteiger partial charge is 0.339 e. The zero-order chi connectivity index (χ0) is 12.7. The highest BCUT2D eigenvalue weighted by Gasteiger charge is 2.10. The summed E-state index contributed by atoms with van der Waals surface area (Å²) in [5, 5.41) is 8.90. The van der Waals surface area contributed by atoms with Gasteiger partial charge >= 0.3 is 5.97 Å². The maximum absolute atomic E-state index is 10.9. The zero-order valence-corrected chi connectivity index (χ0v) is 9.60. The number of terminal acetylenes is 1. The van der Waals surface area contributed by atoms with Gasteiger partial charge in [-0.1, -0.05) is 6.07 Å². The SMILES string of the molecule is C#CCCOCc1ccc(C(=O)O)c(OC)c1. The fraction of sp³-hybridized carbons (Fsp3) is 0.308. The molecular weight excluding hydrogens is 220 g/mol. The predicted octanol–water partition coefficient (Wildman–Crippen LogP) is 1.93. The van der Waals surface area contributed by atoms with E-state index >= 15 is 0 Å². The van der Waals surface area contributed by atoms with Gasteiger partial charge in [0.05, 0.1) is 20.3 Å². The molecule has 1 aromatic carbocycles. The summed E-state index contributed by atoms with van der Waals surface area (Å²) in [7, 11) is 1.44. The molecule has 1 N–H and O–H groups in total. The molecular formula is C13H14O4. The number of aromatic carboxylic acids is 1. The highest BCUT2D eigenvalue weighted by atomic mass is 16.5. The van der Waals surface area contributed by atoms with Crippen LogP contribution in [0, 0.1) is 12.3 Å². The van der Waals surface area contributed by atoms with Gasteiger partial charge in [-0.15, -0.1) is 12.3 Å². The molecule has 0 amide bonds. The number of benzene rings is 1. The number of ether oxygens (including phenoxy) is 2. The van der Waals surface area contributed by atoms with Crippen LogP contribution in [0.5, 0.6) is 5.75 Å². The van der Waals surface area contributed by atoms with Crippen molar-refractivity contribution in [2.75, 3.05) is 13.7 Å². The normalized spacial score (nSPS) is 9.65. The van der Waals surface area contributed by atoms with E-state index in [1.165, 1.54) is 13.2 Å². The summed E-state index contributed by atoms with van der Waals surface area (Å²) in [4.78, 5) is 10.9. The van der Waals surface area contributed by atoms with Crippen molar-refractivity contribution in [1.82, 2.24) is 0 Å². The van der Waals surface area contributed by atoms with Crippen molar-refractivity contribution in [3.8, 4) is 18.1 Å². The van der Waals surface area contributed by atoms with E-state index < -0.39 is 5.97 Å². The highest BCUT2D eigenvalue weighted by molar-refractivity contribution is 5.90. The van der Waals surface area contributed by atoms with Gasteiger partial charge in [0.25, 0.3) is 0 Å². The molecule has 0 aliphatic rings. The molecule has 0 saturated carbocycles. The van der Waals surface area contributed by atoms with Crippen molar-refractivity contribution in [2.45, 2.75) is 13.0 Å². The van der Waals surface area contributed by atoms with Crippen molar-refractivity contribution in [2.24, 2.45) is 0 Å². The first kappa shape index (κ1) is 13.1. The monoisotopic (exact) mass is 234 g/mol. The van der Waals surface area contributed by atoms with Gasteiger partial charge in [0.15, 0.2) is 0 Å². The zero-order valence-electron chi connectivity index (χ0n) is 9.60. The number of carbonyl (C=O) groups is 1. The van der Waals surface area contributed by atoms with Gasteiger partial charge in [-0.05, 0) is 17.7 Å². The van der Waals surface area contributed by atoms with E-state index in [1.54, 1.807) is 12.1 Å². The van der Waals surface area contributed by atoms with Crippen LogP contribution < -0.4 is 4.74 Å². The Balaban J connectivity index is 2.70. The summed E-state index contributed by atoms with van der Waals surface area (Å²) in [6.45, 7) is 0.872. The van der Waals surface area contributed by atoms with E-state index in [0.29, 0.717) is 25.4 Å². The van der Waals surface area contributed by atoms with Gasteiger partial charge in [-0.2, -0.15) is 0 Å². The Kier molecular flexibility index (Phi) is 5.05. The molecule has 17 heavy (non-hydrogen) atoms. The van der Waals surface area contributed by atoms with Gasteiger partial charge in [0.1, 0.15) is 11.3 Å². The second-order valence-corrected chi connectivity index (χ2v) is 3.35. The Morgan fingerprint density at radius 2 is 2.29 bits per heavy atom. The average Bonchev–Trinajstić information content (AvgIpc) is 2.34. The molecule has 4 heteroatoms. The molecule has 90 valence electrons. The Morgan fingerprint density at radius 3 is 2.88 bits per heavy atom. The second kappa shape index (κ2) is 6.56. The minimum Gasteiger partial charge on any atom is -0.496 e. The summed E-state index contributed by atoms with van der Waals surface area (Å²) in [6.07, 6.45) is 5.65. The number of hydrogen-bond donors (Lipinski definition) is 1. The molecule has 0 aromatic heterocycles. The molecule has 0 radical (unpaired) electrons. The van der Waals surface area contributed by atoms with Crippen LogP contribution in [0.1, 0.15) is 22.3 Å². The fourth-order valence-corrected chi connectivity index (χ4v) is 1.32. The molecule has 0 spiro atoms. The van der Waals surface area contributed by atoms with Crippen molar-refractivity contribution < 1.29 is 19.4 Å². The summed E-state index contributed by atoms with van der Waals surface area (Å²) in [5.41, 5.74) is 0.990. The van der Waals surface area contributed by atoms with Crippen LogP contribution >= 0.6 is 0 Å². The summed E-state index contributed by atoms with van der Waals surface area (Å²) in [6, 6.07) is 4.85. The Morgan fingerprint density at radius 1 is 1.53 bits per heavy atom. The van der Waals surface area contributed by atoms with Gasteiger partial charge in [-0.25, -0.2) is 4.79 Å². The molecule has 0 saturated heterocycles. The van der Waals surface area contributed by atoms with E-state index in [-0.39, 0.29) is 5.56 Å². The van der Waals surface area contributed by atoms with Crippen LogP contribution in [-0.2, 0) is 11.3 Å². The van der Waals surface area contributed by atoms with Gasteiger partial charge in [0.2, 0.25) is 0 Å². The predicted molar refractivity (Wildman–Crippen MR) is 63.1 cm³/mol. The maximum atomic E-state index is 10.9. The first-order chi connectivity index (χ1) is 8.19. The number of carboxylic acids is 1. The lowest BCUT2D eigenvalue weighted by atomic mass is 10.1. The van der Waals surface area contributed by atoms with Crippen LogP contribution in [0.2, 0.25) is 0 Å². The summed E-state index contributed by atoms with van der Waals surface area (Å²) in [5.74, 6) is 1.79. The first-order valence-corrected chi connectivity index (χ1v) is 5.10. The molecule has 0 atom stereocenters. The molecule has 0 aliphatic carbocycles. The molecule has 1 aromatic rings. The molecule has 0 unspecified atom stereocenters. The number of rotatable bonds is 6. The molecule has 1 rings (SSSR count). The van der Waals surface area contributed by atoms with Crippen molar-refractivity contribution in [1.29, 1.82) is 0 Å². The molecule has 0 bridgehead atoms. The van der Waals surface area contributed by atoms with E-state index in [9.17, 15) is 4.79 Å².